The summed E-state index contributed by atoms with van der Waals surface area (Å²) in [7, 11) is 0. The molecule has 4 aromatic rings. The molecule has 0 aliphatic rings. The van der Waals surface area contributed by atoms with Crippen LogP contribution in [0.5, 0.6) is 0 Å². The standard InChI is InChI=1S/C25H21BrN2O/c1-17-5-2-3-7-22(17)23(18-8-11-21(26)12-9-18)16-25(28-29)20-10-13-24-19(15-20)6-4-14-27-24/h2-15,23,29H,16H2,1H3. The summed E-state index contributed by atoms with van der Waals surface area (Å²) in [5, 5.41) is 14.6. The van der Waals surface area contributed by atoms with Gasteiger partial charge in [0.15, 0.2) is 0 Å². The van der Waals surface area contributed by atoms with Crippen LogP contribution in [0.4, 0.5) is 0 Å². The molecule has 3 nitrogen and oxygen atoms in total. The van der Waals surface area contributed by atoms with E-state index in [-0.39, 0.29) is 5.92 Å². The second-order valence-corrected chi connectivity index (χ2v) is 8.04. The van der Waals surface area contributed by atoms with Crippen LogP contribution in [0.25, 0.3) is 10.9 Å². The van der Waals surface area contributed by atoms with Gasteiger partial charge in [0.1, 0.15) is 0 Å². The average Bonchev–Trinajstić information content (AvgIpc) is 2.76. The van der Waals surface area contributed by atoms with E-state index in [0.717, 1.165) is 20.9 Å². The maximum Gasteiger partial charge on any atom is 0.0877 e. The van der Waals surface area contributed by atoms with E-state index in [9.17, 15) is 5.21 Å². The van der Waals surface area contributed by atoms with Gasteiger partial charge in [0.2, 0.25) is 0 Å². The van der Waals surface area contributed by atoms with Crippen molar-refractivity contribution in [3.05, 3.63) is 112 Å². The molecule has 1 atom stereocenters. The Bertz CT molecular complexity index is 1170. The van der Waals surface area contributed by atoms with Gasteiger partial charge in [-0.15, -0.1) is 0 Å². The van der Waals surface area contributed by atoms with Crippen LogP contribution >= 0.6 is 15.9 Å². The van der Waals surface area contributed by atoms with Gasteiger partial charge >= 0.3 is 0 Å². The Hall–Kier alpha value is -2.98. The zero-order chi connectivity index (χ0) is 20.2. The Morgan fingerprint density at radius 2 is 1.79 bits per heavy atom. The van der Waals surface area contributed by atoms with Crippen molar-refractivity contribution in [2.24, 2.45) is 5.16 Å². The van der Waals surface area contributed by atoms with E-state index in [1.165, 1.54) is 16.7 Å². The fraction of sp³-hybridized carbons (Fsp3) is 0.120. The summed E-state index contributed by atoms with van der Waals surface area (Å²) < 4.78 is 1.04. The van der Waals surface area contributed by atoms with Gasteiger partial charge in [-0.2, -0.15) is 0 Å². The number of hydrogen-bond acceptors (Lipinski definition) is 3. The molecule has 0 radical (unpaired) electrons. The number of pyridine rings is 1. The van der Waals surface area contributed by atoms with Crippen LogP contribution in [0.15, 0.2) is 94.7 Å². The zero-order valence-corrected chi connectivity index (χ0v) is 17.7. The van der Waals surface area contributed by atoms with E-state index in [4.69, 9.17) is 0 Å². The molecule has 144 valence electrons. The van der Waals surface area contributed by atoms with E-state index >= 15 is 0 Å². The number of rotatable bonds is 5. The fourth-order valence-corrected chi connectivity index (χ4v) is 4.01. The number of hydrogen-bond donors (Lipinski definition) is 1. The van der Waals surface area contributed by atoms with Gasteiger partial charge < -0.3 is 5.21 Å². The minimum atomic E-state index is 0.0831. The first-order valence-electron chi connectivity index (χ1n) is 9.53. The van der Waals surface area contributed by atoms with Crippen molar-refractivity contribution >= 4 is 32.5 Å². The van der Waals surface area contributed by atoms with E-state index < -0.39 is 0 Å². The fourth-order valence-electron chi connectivity index (χ4n) is 3.75. The zero-order valence-electron chi connectivity index (χ0n) is 16.1. The minimum absolute atomic E-state index is 0.0831. The second kappa shape index (κ2) is 8.58. The summed E-state index contributed by atoms with van der Waals surface area (Å²) in [6, 6.07) is 26.7. The molecule has 0 aliphatic heterocycles. The predicted octanol–water partition coefficient (Wildman–Crippen LogP) is 6.71. The van der Waals surface area contributed by atoms with Crippen LogP contribution < -0.4 is 0 Å². The Kier molecular flexibility index (Phi) is 5.72. The molecular formula is C25H21BrN2O. The number of nitrogens with zero attached hydrogens (tertiary/aromatic N) is 2. The molecule has 1 aromatic heterocycles. The summed E-state index contributed by atoms with van der Waals surface area (Å²) in [6.07, 6.45) is 2.37. The normalized spacial score (nSPS) is 12.8. The SMILES string of the molecule is Cc1ccccc1C(CC(=NO)c1ccc2ncccc2c1)c1ccc(Br)cc1. The van der Waals surface area contributed by atoms with Crippen molar-refractivity contribution < 1.29 is 5.21 Å². The van der Waals surface area contributed by atoms with Gasteiger partial charge in [-0.1, -0.05) is 69.6 Å². The van der Waals surface area contributed by atoms with Crippen LogP contribution in [0, 0.1) is 6.92 Å². The van der Waals surface area contributed by atoms with Gasteiger partial charge in [0, 0.05) is 34.0 Å². The Morgan fingerprint density at radius 1 is 1.00 bits per heavy atom. The first kappa shape index (κ1) is 19.3. The number of aryl methyl sites for hydroxylation is 1. The minimum Gasteiger partial charge on any atom is -0.411 e. The Balaban J connectivity index is 1.75. The monoisotopic (exact) mass is 444 g/mol. The molecule has 0 saturated carbocycles. The molecular weight excluding hydrogens is 424 g/mol. The molecule has 0 saturated heterocycles. The first-order valence-corrected chi connectivity index (χ1v) is 10.3. The summed E-state index contributed by atoms with van der Waals surface area (Å²) in [4.78, 5) is 4.38. The summed E-state index contributed by atoms with van der Waals surface area (Å²) >= 11 is 3.52. The molecule has 0 bridgehead atoms. The number of benzene rings is 3. The predicted molar refractivity (Wildman–Crippen MR) is 122 cm³/mol. The highest BCUT2D eigenvalue weighted by Crippen LogP contribution is 2.33. The lowest BCUT2D eigenvalue weighted by Gasteiger charge is -2.21. The molecule has 4 heteroatoms. The molecule has 1 unspecified atom stereocenters. The largest absolute Gasteiger partial charge is 0.411 e. The van der Waals surface area contributed by atoms with Crippen molar-refractivity contribution in [3.8, 4) is 0 Å². The summed E-state index contributed by atoms with van der Waals surface area (Å²) in [5.74, 6) is 0.0831. The molecule has 0 aliphatic carbocycles. The van der Waals surface area contributed by atoms with E-state index in [1.54, 1.807) is 6.20 Å². The van der Waals surface area contributed by atoms with E-state index in [2.05, 4.69) is 81.5 Å². The smallest absolute Gasteiger partial charge is 0.0877 e. The molecule has 29 heavy (non-hydrogen) atoms. The number of oxime groups is 1. The van der Waals surface area contributed by atoms with Crippen molar-refractivity contribution in [3.63, 3.8) is 0 Å². The van der Waals surface area contributed by atoms with Gasteiger partial charge in [0.25, 0.3) is 0 Å². The van der Waals surface area contributed by atoms with Crippen LogP contribution in [0.2, 0.25) is 0 Å². The third kappa shape index (κ3) is 4.22. The average molecular weight is 445 g/mol. The summed E-state index contributed by atoms with van der Waals surface area (Å²) in [6.45, 7) is 2.12. The van der Waals surface area contributed by atoms with Gasteiger partial charge in [0.05, 0.1) is 11.2 Å². The Labute approximate surface area is 178 Å². The maximum absolute atomic E-state index is 9.87. The van der Waals surface area contributed by atoms with E-state index in [0.29, 0.717) is 12.1 Å². The van der Waals surface area contributed by atoms with Gasteiger partial charge in [-0.05, 0) is 53.9 Å². The lowest BCUT2D eigenvalue weighted by Crippen LogP contribution is -2.11. The lowest BCUT2D eigenvalue weighted by atomic mass is 9.83. The van der Waals surface area contributed by atoms with Crippen molar-refractivity contribution in [1.82, 2.24) is 4.98 Å². The van der Waals surface area contributed by atoms with Crippen molar-refractivity contribution in [2.45, 2.75) is 19.3 Å². The highest BCUT2D eigenvalue weighted by Gasteiger charge is 2.20. The van der Waals surface area contributed by atoms with Crippen molar-refractivity contribution in [2.75, 3.05) is 0 Å². The van der Waals surface area contributed by atoms with Crippen LogP contribution in [0.3, 0.4) is 0 Å². The first-order chi connectivity index (χ1) is 14.2. The maximum atomic E-state index is 9.87. The quantitative estimate of drug-likeness (QED) is 0.211. The third-order valence-corrected chi connectivity index (χ3v) is 5.82. The molecule has 1 N–H and O–H groups in total. The summed E-state index contributed by atoms with van der Waals surface area (Å²) in [5.41, 5.74) is 6.14. The molecule has 0 fully saturated rings. The third-order valence-electron chi connectivity index (χ3n) is 5.29. The van der Waals surface area contributed by atoms with Gasteiger partial charge in [-0.3, -0.25) is 4.98 Å². The topological polar surface area (TPSA) is 45.5 Å². The molecule has 0 spiro atoms. The Morgan fingerprint density at radius 3 is 2.55 bits per heavy atom. The van der Waals surface area contributed by atoms with Crippen LogP contribution in [0.1, 0.15) is 34.6 Å². The number of halogens is 1. The van der Waals surface area contributed by atoms with Gasteiger partial charge in [-0.25, -0.2) is 0 Å². The number of aromatic nitrogens is 1. The highest BCUT2D eigenvalue weighted by atomic mass is 79.9. The second-order valence-electron chi connectivity index (χ2n) is 7.12. The molecule has 3 aromatic carbocycles. The molecule has 4 rings (SSSR count). The van der Waals surface area contributed by atoms with Crippen molar-refractivity contribution in [1.29, 1.82) is 0 Å². The van der Waals surface area contributed by atoms with E-state index in [1.807, 2.05) is 30.3 Å². The lowest BCUT2D eigenvalue weighted by molar-refractivity contribution is 0.317. The molecule has 0 amide bonds. The highest BCUT2D eigenvalue weighted by molar-refractivity contribution is 9.10. The molecule has 1 heterocycles. The van der Waals surface area contributed by atoms with Crippen LogP contribution in [-0.4, -0.2) is 15.9 Å². The number of fused-ring (bicyclic) bond motifs is 1. The van der Waals surface area contributed by atoms with Crippen LogP contribution in [-0.2, 0) is 0 Å².